The first-order valence-electron chi connectivity index (χ1n) is 6.92. The summed E-state index contributed by atoms with van der Waals surface area (Å²) in [5.74, 6) is -0.401. The Morgan fingerprint density at radius 3 is 2.48 bits per heavy atom. The van der Waals surface area contributed by atoms with Crippen molar-refractivity contribution in [2.24, 2.45) is 5.73 Å². The second-order valence-corrected chi connectivity index (χ2v) is 5.55. The van der Waals surface area contributed by atoms with Crippen molar-refractivity contribution in [2.75, 3.05) is 0 Å². The van der Waals surface area contributed by atoms with E-state index in [0.29, 0.717) is 11.6 Å². The van der Waals surface area contributed by atoms with Crippen LogP contribution in [0, 0.1) is 0 Å². The molecule has 21 heavy (non-hydrogen) atoms. The lowest BCUT2D eigenvalue weighted by Crippen LogP contribution is -2.27. The number of nitrogens with one attached hydrogen (secondary N) is 1. The Bertz CT molecular complexity index is 610. The number of hydrogen-bond donors (Lipinski definition) is 2. The van der Waals surface area contributed by atoms with Crippen LogP contribution in [-0.4, -0.2) is 11.9 Å². The summed E-state index contributed by atoms with van der Waals surface area (Å²) >= 11 is 6.16. The molecule has 0 fully saturated rings. The van der Waals surface area contributed by atoms with Gasteiger partial charge in [-0.1, -0.05) is 41.9 Å². The van der Waals surface area contributed by atoms with Crippen molar-refractivity contribution in [2.45, 2.75) is 25.9 Å². The topological polar surface area (TPSA) is 55.1 Å². The van der Waals surface area contributed by atoms with Crippen molar-refractivity contribution in [3.8, 4) is 0 Å². The minimum absolute atomic E-state index is 0.306. The summed E-state index contributed by atoms with van der Waals surface area (Å²) in [6.45, 7) is 2.87. The maximum Gasteiger partial charge on any atom is 0.248 e. The molecule has 0 saturated heterocycles. The van der Waals surface area contributed by atoms with Gasteiger partial charge in [-0.15, -0.1) is 0 Å². The number of nitrogens with two attached hydrogens (primary N) is 1. The Hall–Kier alpha value is -1.84. The highest BCUT2D eigenvalue weighted by Crippen LogP contribution is 2.16. The summed E-state index contributed by atoms with van der Waals surface area (Å²) in [5.41, 5.74) is 8.01. The second-order valence-electron chi connectivity index (χ2n) is 5.14. The lowest BCUT2D eigenvalue weighted by atomic mass is 10.1. The van der Waals surface area contributed by atoms with Gasteiger partial charge in [0.1, 0.15) is 0 Å². The fraction of sp³-hybridized carbons (Fsp3) is 0.235. The third kappa shape index (κ3) is 4.59. The molecule has 2 aromatic rings. The molecule has 1 atom stereocenters. The zero-order valence-corrected chi connectivity index (χ0v) is 12.7. The van der Waals surface area contributed by atoms with E-state index in [0.717, 1.165) is 29.1 Å². The first kappa shape index (κ1) is 15.5. The van der Waals surface area contributed by atoms with Crippen molar-refractivity contribution in [3.63, 3.8) is 0 Å². The van der Waals surface area contributed by atoms with Crippen molar-refractivity contribution in [1.29, 1.82) is 0 Å². The first-order chi connectivity index (χ1) is 10.1. The fourth-order valence-corrected chi connectivity index (χ4v) is 2.36. The van der Waals surface area contributed by atoms with E-state index in [1.807, 2.05) is 36.4 Å². The van der Waals surface area contributed by atoms with Gasteiger partial charge in [-0.3, -0.25) is 4.79 Å². The van der Waals surface area contributed by atoms with E-state index in [2.05, 4.69) is 12.2 Å². The monoisotopic (exact) mass is 302 g/mol. The third-order valence-electron chi connectivity index (χ3n) is 3.38. The Morgan fingerprint density at radius 1 is 1.19 bits per heavy atom. The Kier molecular flexibility index (Phi) is 5.37. The highest BCUT2D eigenvalue weighted by molar-refractivity contribution is 6.31. The van der Waals surface area contributed by atoms with Crippen LogP contribution in [-0.2, 0) is 13.0 Å². The minimum atomic E-state index is -0.401. The van der Waals surface area contributed by atoms with Gasteiger partial charge in [-0.2, -0.15) is 0 Å². The largest absolute Gasteiger partial charge is 0.366 e. The van der Waals surface area contributed by atoms with E-state index < -0.39 is 5.91 Å². The Morgan fingerprint density at radius 2 is 1.86 bits per heavy atom. The molecule has 3 nitrogen and oxygen atoms in total. The van der Waals surface area contributed by atoms with Crippen LogP contribution in [0.1, 0.15) is 28.4 Å². The first-order valence-corrected chi connectivity index (χ1v) is 7.29. The van der Waals surface area contributed by atoms with Crippen molar-refractivity contribution in [3.05, 3.63) is 70.2 Å². The van der Waals surface area contributed by atoms with Crippen LogP contribution in [0.4, 0.5) is 0 Å². The zero-order chi connectivity index (χ0) is 15.2. The molecule has 1 amide bonds. The van der Waals surface area contributed by atoms with E-state index in [9.17, 15) is 4.79 Å². The van der Waals surface area contributed by atoms with E-state index in [4.69, 9.17) is 17.3 Å². The molecule has 0 aliphatic heterocycles. The quantitative estimate of drug-likeness (QED) is 0.861. The number of carbonyl (C=O) groups excluding carboxylic acids is 1. The molecular formula is C17H19ClN2O. The average molecular weight is 303 g/mol. The Labute approximate surface area is 130 Å². The molecule has 0 spiro atoms. The highest BCUT2D eigenvalue weighted by atomic mass is 35.5. The molecular weight excluding hydrogens is 284 g/mol. The van der Waals surface area contributed by atoms with Gasteiger partial charge in [0.05, 0.1) is 0 Å². The number of halogens is 1. The van der Waals surface area contributed by atoms with Gasteiger partial charge >= 0.3 is 0 Å². The molecule has 1 unspecified atom stereocenters. The summed E-state index contributed by atoms with van der Waals surface area (Å²) in [4.78, 5) is 11.0. The van der Waals surface area contributed by atoms with E-state index in [-0.39, 0.29) is 0 Å². The SMILES string of the molecule is CC(Cc1ccccc1Cl)NCc1ccc(C(N)=O)cc1. The molecule has 0 aliphatic carbocycles. The predicted octanol–water partition coefficient (Wildman–Crippen LogP) is 3.16. The fourth-order valence-electron chi connectivity index (χ4n) is 2.14. The number of carbonyl (C=O) groups is 1. The van der Waals surface area contributed by atoms with Crippen LogP contribution < -0.4 is 11.1 Å². The standard InChI is InChI=1S/C17H19ClN2O/c1-12(10-15-4-2-3-5-16(15)18)20-11-13-6-8-14(9-7-13)17(19)21/h2-9,12,20H,10-11H2,1H3,(H2,19,21). The maximum absolute atomic E-state index is 11.0. The Balaban J connectivity index is 1.88. The van der Waals surface area contributed by atoms with Crippen LogP contribution in [0.5, 0.6) is 0 Å². The third-order valence-corrected chi connectivity index (χ3v) is 3.75. The molecule has 0 aromatic heterocycles. The van der Waals surface area contributed by atoms with Gasteiger partial charge in [0.2, 0.25) is 5.91 Å². The number of rotatable bonds is 6. The summed E-state index contributed by atoms with van der Waals surface area (Å²) in [6.07, 6.45) is 0.874. The van der Waals surface area contributed by atoms with Crippen molar-refractivity contribution < 1.29 is 4.79 Å². The minimum Gasteiger partial charge on any atom is -0.366 e. The van der Waals surface area contributed by atoms with Gasteiger partial charge in [-0.05, 0) is 42.7 Å². The van der Waals surface area contributed by atoms with E-state index >= 15 is 0 Å². The number of amides is 1. The summed E-state index contributed by atoms with van der Waals surface area (Å²) in [5, 5.41) is 4.25. The molecule has 3 N–H and O–H groups in total. The number of hydrogen-bond acceptors (Lipinski definition) is 2. The zero-order valence-electron chi connectivity index (χ0n) is 12.0. The lowest BCUT2D eigenvalue weighted by molar-refractivity contribution is 0.100. The van der Waals surface area contributed by atoms with Crippen LogP contribution in [0.15, 0.2) is 48.5 Å². The second kappa shape index (κ2) is 7.25. The maximum atomic E-state index is 11.0. The van der Waals surface area contributed by atoms with Crippen LogP contribution >= 0.6 is 11.6 Å². The van der Waals surface area contributed by atoms with Crippen LogP contribution in [0.2, 0.25) is 5.02 Å². The van der Waals surface area contributed by atoms with Crippen LogP contribution in [0.3, 0.4) is 0 Å². The lowest BCUT2D eigenvalue weighted by Gasteiger charge is -2.15. The molecule has 2 rings (SSSR count). The molecule has 2 aromatic carbocycles. The molecule has 110 valence electrons. The summed E-state index contributed by atoms with van der Waals surface area (Å²) in [6, 6.07) is 15.5. The molecule has 0 aliphatic rings. The smallest absolute Gasteiger partial charge is 0.248 e. The van der Waals surface area contributed by atoms with Gasteiger partial charge < -0.3 is 11.1 Å². The van der Waals surface area contributed by atoms with Gasteiger partial charge in [0.25, 0.3) is 0 Å². The molecule has 0 saturated carbocycles. The van der Waals surface area contributed by atoms with Gasteiger partial charge in [0, 0.05) is 23.2 Å². The number of benzene rings is 2. The molecule has 0 bridgehead atoms. The van der Waals surface area contributed by atoms with Gasteiger partial charge in [-0.25, -0.2) is 0 Å². The van der Waals surface area contributed by atoms with Crippen molar-refractivity contribution >= 4 is 17.5 Å². The molecule has 4 heteroatoms. The normalized spacial score (nSPS) is 12.1. The van der Waals surface area contributed by atoms with Crippen LogP contribution in [0.25, 0.3) is 0 Å². The molecule has 0 radical (unpaired) electrons. The molecule has 0 heterocycles. The predicted molar refractivity (Wildman–Crippen MR) is 86.4 cm³/mol. The number of primary amides is 1. The van der Waals surface area contributed by atoms with Crippen molar-refractivity contribution in [1.82, 2.24) is 5.32 Å². The van der Waals surface area contributed by atoms with E-state index in [1.54, 1.807) is 12.1 Å². The van der Waals surface area contributed by atoms with Gasteiger partial charge in [0.15, 0.2) is 0 Å². The van der Waals surface area contributed by atoms with E-state index in [1.165, 1.54) is 0 Å². The summed E-state index contributed by atoms with van der Waals surface area (Å²) in [7, 11) is 0. The average Bonchev–Trinajstić information content (AvgIpc) is 2.48. The summed E-state index contributed by atoms with van der Waals surface area (Å²) < 4.78 is 0. The highest BCUT2D eigenvalue weighted by Gasteiger charge is 2.06.